The van der Waals surface area contributed by atoms with Crippen molar-refractivity contribution in [2.24, 2.45) is 5.92 Å². The second-order valence-corrected chi connectivity index (χ2v) is 8.86. The average Bonchev–Trinajstić information content (AvgIpc) is 3.24. The third-order valence-corrected chi connectivity index (χ3v) is 7.16. The van der Waals surface area contributed by atoms with E-state index in [2.05, 4.69) is 14.5 Å². The van der Waals surface area contributed by atoms with Crippen LogP contribution in [0.15, 0.2) is 24.3 Å². The number of aromatic nitrogens is 2. The average molecular weight is 429 g/mol. The Balaban J connectivity index is 1.43. The van der Waals surface area contributed by atoms with Gasteiger partial charge in [-0.3, -0.25) is 9.59 Å². The van der Waals surface area contributed by atoms with Gasteiger partial charge in [0, 0.05) is 31.2 Å². The first-order chi connectivity index (χ1) is 14.6. The summed E-state index contributed by atoms with van der Waals surface area (Å²) in [6.07, 6.45) is 5.07. The summed E-state index contributed by atoms with van der Waals surface area (Å²) >= 11 is 1.17. The highest BCUT2D eigenvalue weighted by atomic mass is 32.1. The Kier molecular flexibility index (Phi) is 6.32. The number of amides is 2. The number of hydrogen-bond acceptors (Lipinski definition) is 6. The van der Waals surface area contributed by atoms with E-state index in [4.69, 9.17) is 4.74 Å². The smallest absolute Gasteiger partial charge is 0.267 e. The molecule has 2 amide bonds. The third-order valence-electron chi connectivity index (χ3n) is 6.34. The molecular formula is C22H28N4O3S. The Morgan fingerprint density at radius 3 is 2.60 bits per heavy atom. The first kappa shape index (κ1) is 20.8. The van der Waals surface area contributed by atoms with Gasteiger partial charge in [-0.2, -0.15) is 0 Å². The van der Waals surface area contributed by atoms with Gasteiger partial charge in [0.05, 0.1) is 12.8 Å². The minimum absolute atomic E-state index is 0.0360. The summed E-state index contributed by atoms with van der Waals surface area (Å²) in [7, 11) is 1.62. The van der Waals surface area contributed by atoms with Crippen molar-refractivity contribution in [3.05, 3.63) is 40.4 Å². The van der Waals surface area contributed by atoms with Gasteiger partial charge in [-0.1, -0.05) is 10.6 Å². The molecule has 2 aromatic rings. The topological polar surface area (TPSA) is 75.6 Å². The molecule has 2 saturated heterocycles. The van der Waals surface area contributed by atoms with Crippen LogP contribution in [0.1, 0.15) is 57.8 Å². The predicted octanol–water partition coefficient (Wildman–Crippen LogP) is 3.40. The molecular weight excluding hydrogens is 400 g/mol. The van der Waals surface area contributed by atoms with E-state index in [0.717, 1.165) is 51.7 Å². The predicted molar refractivity (Wildman–Crippen MR) is 115 cm³/mol. The molecule has 2 aliphatic heterocycles. The highest BCUT2D eigenvalue weighted by Gasteiger charge is 2.36. The fraction of sp³-hybridized carbons (Fsp3) is 0.545. The number of carbonyl (C=O) groups excluding carboxylic acids is 2. The van der Waals surface area contributed by atoms with E-state index in [1.54, 1.807) is 7.11 Å². The monoisotopic (exact) mass is 428 g/mol. The lowest BCUT2D eigenvalue weighted by Crippen LogP contribution is -2.51. The summed E-state index contributed by atoms with van der Waals surface area (Å²) in [6, 6.07) is 7.65. The number of piperidine rings is 2. The van der Waals surface area contributed by atoms with Crippen molar-refractivity contribution >= 4 is 23.3 Å². The molecule has 1 atom stereocenters. The van der Waals surface area contributed by atoms with Crippen molar-refractivity contribution < 1.29 is 14.3 Å². The maximum atomic E-state index is 13.3. The quantitative estimate of drug-likeness (QED) is 0.746. The largest absolute Gasteiger partial charge is 0.497 e. The molecule has 0 aliphatic carbocycles. The molecule has 4 rings (SSSR count). The third kappa shape index (κ3) is 4.19. The van der Waals surface area contributed by atoms with Gasteiger partial charge < -0.3 is 14.5 Å². The van der Waals surface area contributed by atoms with Crippen molar-refractivity contribution in [3.8, 4) is 5.75 Å². The van der Waals surface area contributed by atoms with Gasteiger partial charge in [0.1, 0.15) is 10.6 Å². The molecule has 3 heterocycles. The van der Waals surface area contributed by atoms with E-state index in [0.29, 0.717) is 27.8 Å². The standard InChI is InChI=1S/C22H28N4O3S/c1-15-20(30-24-23-15)22(28)25-12-9-16(10-13-25)19-8-3-4-11-26(19)21(27)17-6-5-7-18(14-17)29-2/h5-7,14,16,19H,3-4,8-13H2,1-2H3/t19-/m0/s1. The second-order valence-electron chi connectivity index (χ2n) is 8.11. The summed E-state index contributed by atoms with van der Waals surface area (Å²) in [5.74, 6) is 1.25. The molecule has 0 bridgehead atoms. The lowest BCUT2D eigenvalue weighted by molar-refractivity contribution is 0.0375. The summed E-state index contributed by atoms with van der Waals surface area (Å²) in [6.45, 7) is 4.07. The van der Waals surface area contributed by atoms with E-state index in [1.165, 1.54) is 11.5 Å². The van der Waals surface area contributed by atoms with E-state index >= 15 is 0 Å². The fourth-order valence-electron chi connectivity index (χ4n) is 4.68. The van der Waals surface area contributed by atoms with Crippen molar-refractivity contribution in [2.45, 2.75) is 45.1 Å². The van der Waals surface area contributed by atoms with E-state index in [-0.39, 0.29) is 17.9 Å². The molecule has 2 fully saturated rings. The number of nitrogens with zero attached hydrogens (tertiary/aromatic N) is 4. The number of benzene rings is 1. The van der Waals surface area contributed by atoms with E-state index in [1.807, 2.05) is 36.1 Å². The zero-order chi connectivity index (χ0) is 21.1. The number of ether oxygens (including phenoxy) is 1. The number of methoxy groups -OCH3 is 1. The SMILES string of the molecule is COc1cccc(C(=O)N2CCCC[C@H]2C2CCN(C(=O)c3snnc3C)CC2)c1. The van der Waals surface area contributed by atoms with Crippen LogP contribution >= 0.6 is 11.5 Å². The zero-order valence-corrected chi connectivity index (χ0v) is 18.4. The Morgan fingerprint density at radius 1 is 1.10 bits per heavy atom. The van der Waals surface area contributed by atoms with Crippen LogP contribution in [0.5, 0.6) is 5.75 Å². The van der Waals surface area contributed by atoms with Crippen LogP contribution in [0.2, 0.25) is 0 Å². The van der Waals surface area contributed by atoms with Crippen molar-refractivity contribution in [1.29, 1.82) is 0 Å². The molecule has 8 heteroatoms. The number of carbonyl (C=O) groups is 2. The van der Waals surface area contributed by atoms with Crippen molar-refractivity contribution in [2.75, 3.05) is 26.7 Å². The van der Waals surface area contributed by atoms with Gasteiger partial charge in [-0.15, -0.1) is 5.10 Å². The van der Waals surface area contributed by atoms with E-state index in [9.17, 15) is 9.59 Å². The minimum atomic E-state index is 0.0360. The molecule has 160 valence electrons. The molecule has 0 unspecified atom stereocenters. The Bertz CT molecular complexity index is 907. The van der Waals surface area contributed by atoms with Crippen LogP contribution in [0.25, 0.3) is 0 Å². The van der Waals surface area contributed by atoms with E-state index < -0.39 is 0 Å². The lowest BCUT2D eigenvalue weighted by Gasteiger charge is -2.43. The normalized spacial score (nSPS) is 20.3. The number of likely N-dealkylation sites (tertiary alicyclic amines) is 2. The van der Waals surface area contributed by atoms with Crippen LogP contribution in [0.3, 0.4) is 0 Å². The molecule has 0 radical (unpaired) electrons. The van der Waals surface area contributed by atoms with Crippen LogP contribution in [0, 0.1) is 12.8 Å². The first-order valence-electron chi connectivity index (χ1n) is 10.6. The summed E-state index contributed by atoms with van der Waals surface area (Å²) in [5.41, 5.74) is 1.39. The first-order valence-corrected chi connectivity index (χ1v) is 11.4. The van der Waals surface area contributed by atoms with Crippen LogP contribution in [-0.4, -0.2) is 64.0 Å². The Hall–Kier alpha value is -2.48. The molecule has 0 N–H and O–H groups in total. The van der Waals surface area contributed by atoms with Gasteiger partial charge in [-0.25, -0.2) is 0 Å². The highest BCUT2D eigenvalue weighted by molar-refractivity contribution is 7.07. The zero-order valence-electron chi connectivity index (χ0n) is 17.5. The molecule has 30 heavy (non-hydrogen) atoms. The number of rotatable bonds is 4. The van der Waals surface area contributed by atoms with Gasteiger partial charge in [-0.05, 0) is 74.7 Å². The van der Waals surface area contributed by atoms with Gasteiger partial charge >= 0.3 is 0 Å². The molecule has 0 spiro atoms. The summed E-state index contributed by atoms with van der Waals surface area (Å²) in [5, 5.41) is 3.96. The Labute approximate surface area is 181 Å². The molecule has 0 saturated carbocycles. The van der Waals surface area contributed by atoms with Crippen molar-refractivity contribution in [3.63, 3.8) is 0 Å². The van der Waals surface area contributed by atoms with Crippen LogP contribution in [-0.2, 0) is 0 Å². The van der Waals surface area contributed by atoms with Gasteiger partial charge in [0.2, 0.25) is 0 Å². The molecule has 1 aromatic heterocycles. The summed E-state index contributed by atoms with van der Waals surface area (Å²) < 4.78 is 9.18. The summed E-state index contributed by atoms with van der Waals surface area (Å²) in [4.78, 5) is 30.7. The maximum Gasteiger partial charge on any atom is 0.267 e. The van der Waals surface area contributed by atoms with Crippen molar-refractivity contribution in [1.82, 2.24) is 19.4 Å². The highest BCUT2D eigenvalue weighted by Crippen LogP contribution is 2.32. The van der Waals surface area contributed by atoms with Gasteiger partial charge in [0.25, 0.3) is 11.8 Å². The van der Waals surface area contributed by atoms with Crippen LogP contribution in [0.4, 0.5) is 0 Å². The minimum Gasteiger partial charge on any atom is -0.497 e. The number of hydrogen-bond donors (Lipinski definition) is 0. The second kappa shape index (κ2) is 9.12. The molecule has 2 aliphatic rings. The molecule has 1 aromatic carbocycles. The maximum absolute atomic E-state index is 13.3. The number of aryl methyl sites for hydroxylation is 1. The fourth-order valence-corrected chi connectivity index (χ4v) is 5.31. The molecule has 7 nitrogen and oxygen atoms in total. The van der Waals surface area contributed by atoms with Crippen LogP contribution < -0.4 is 4.74 Å². The lowest BCUT2D eigenvalue weighted by atomic mass is 9.83. The Morgan fingerprint density at radius 2 is 1.90 bits per heavy atom. The van der Waals surface area contributed by atoms with Gasteiger partial charge in [0.15, 0.2) is 0 Å².